The SMILES string of the molecule is CSc1nc2ncnc(NC(C)CCC3CC3)c2s1. The van der Waals surface area contributed by atoms with E-state index in [1.54, 1.807) is 29.4 Å². The Labute approximate surface area is 121 Å². The zero-order chi connectivity index (χ0) is 13.2. The quantitative estimate of drug-likeness (QED) is 0.821. The number of nitrogens with one attached hydrogen (secondary N) is 1. The lowest BCUT2D eigenvalue weighted by Gasteiger charge is -2.14. The van der Waals surface area contributed by atoms with Crippen LogP contribution >= 0.6 is 23.1 Å². The molecule has 3 rings (SSSR count). The van der Waals surface area contributed by atoms with Gasteiger partial charge in [-0.05, 0) is 31.9 Å². The molecule has 1 saturated carbocycles. The molecule has 1 unspecified atom stereocenters. The Morgan fingerprint density at radius 2 is 2.32 bits per heavy atom. The number of rotatable bonds is 6. The van der Waals surface area contributed by atoms with Crippen LogP contribution < -0.4 is 5.32 Å². The molecule has 1 aliphatic carbocycles. The third kappa shape index (κ3) is 3.17. The summed E-state index contributed by atoms with van der Waals surface area (Å²) in [6.07, 6.45) is 9.04. The molecule has 2 heterocycles. The van der Waals surface area contributed by atoms with Gasteiger partial charge < -0.3 is 5.32 Å². The van der Waals surface area contributed by atoms with Gasteiger partial charge in [-0.1, -0.05) is 24.6 Å². The number of thioether (sulfide) groups is 1. The van der Waals surface area contributed by atoms with Gasteiger partial charge >= 0.3 is 0 Å². The first-order valence-corrected chi connectivity index (χ1v) is 8.72. The van der Waals surface area contributed by atoms with Crippen LogP contribution in [0.25, 0.3) is 10.3 Å². The summed E-state index contributed by atoms with van der Waals surface area (Å²) in [4.78, 5) is 13.1. The van der Waals surface area contributed by atoms with Crippen LogP contribution in [0.5, 0.6) is 0 Å². The Balaban J connectivity index is 1.73. The number of fused-ring (bicyclic) bond motifs is 1. The van der Waals surface area contributed by atoms with Gasteiger partial charge in [0.1, 0.15) is 16.8 Å². The fourth-order valence-corrected chi connectivity index (χ4v) is 3.59. The monoisotopic (exact) mass is 294 g/mol. The molecule has 1 fully saturated rings. The zero-order valence-electron chi connectivity index (χ0n) is 11.2. The molecule has 1 aliphatic rings. The van der Waals surface area contributed by atoms with Gasteiger partial charge in [0.15, 0.2) is 9.99 Å². The number of hydrogen-bond acceptors (Lipinski definition) is 6. The maximum Gasteiger partial charge on any atom is 0.176 e. The van der Waals surface area contributed by atoms with Crippen molar-refractivity contribution in [3.63, 3.8) is 0 Å². The van der Waals surface area contributed by atoms with E-state index in [4.69, 9.17) is 0 Å². The maximum absolute atomic E-state index is 4.47. The largest absolute Gasteiger partial charge is 0.366 e. The van der Waals surface area contributed by atoms with Crippen molar-refractivity contribution in [3.8, 4) is 0 Å². The van der Waals surface area contributed by atoms with Crippen LogP contribution in [-0.2, 0) is 0 Å². The van der Waals surface area contributed by atoms with Crippen LogP contribution in [0.2, 0.25) is 0 Å². The van der Waals surface area contributed by atoms with Crippen molar-refractivity contribution in [1.29, 1.82) is 0 Å². The third-order valence-corrected chi connectivity index (χ3v) is 5.47. The number of hydrogen-bond donors (Lipinski definition) is 1. The average Bonchev–Trinajstić information content (AvgIpc) is 3.14. The van der Waals surface area contributed by atoms with Gasteiger partial charge in [-0.25, -0.2) is 15.0 Å². The Morgan fingerprint density at radius 1 is 1.47 bits per heavy atom. The molecule has 102 valence electrons. The van der Waals surface area contributed by atoms with E-state index in [0.29, 0.717) is 6.04 Å². The molecule has 0 spiro atoms. The van der Waals surface area contributed by atoms with Crippen molar-refractivity contribution in [1.82, 2.24) is 15.0 Å². The van der Waals surface area contributed by atoms with Crippen LogP contribution in [0.1, 0.15) is 32.6 Å². The van der Waals surface area contributed by atoms with E-state index in [1.165, 1.54) is 25.7 Å². The third-order valence-electron chi connectivity index (χ3n) is 3.43. The smallest absolute Gasteiger partial charge is 0.176 e. The van der Waals surface area contributed by atoms with Gasteiger partial charge in [0.25, 0.3) is 0 Å². The Kier molecular flexibility index (Phi) is 3.88. The number of anilines is 1. The van der Waals surface area contributed by atoms with Crippen molar-refractivity contribution < 1.29 is 0 Å². The van der Waals surface area contributed by atoms with Crippen molar-refractivity contribution >= 4 is 39.3 Å². The average molecular weight is 294 g/mol. The highest BCUT2D eigenvalue weighted by atomic mass is 32.2. The topological polar surface area (TPSA) is 50.7 Å². The zero-order valence-corrected chi connectivity index (χ0v) is 12.9. The molecule has 0 amide bonds. The van der Waals surface area contributed by atoms with E-state index in [0.717, 1.165) is 26.4 Å². The van der Waals surface area contributed by atoms with Gasteiger partial charge in [0.2, 0.25) is 0 Å². The standard InChI is InChI=1S/C13H18N4S2/c1-8(3-4-9-5-6-9)16-11-10-12(15-7-14-11)17-13(18-2)19-10/h7-9H,3-6H2,1-2H3,(H,14,15,16). The van der Waals surface area contributed by atoms with E-state index in [9.17, 15) is 0 Å². The van der Waals surface area contributed by atoms with Gasteiger partial charge in [0, 0.05) is 6.04 Å². The lowest BCUT2D eigenvalue weighted by molar-refractivity contribution is 0.609. The van der Waals surface area contributed by atoms with Crippen molar-refractivity contribution in [2.24, 2.45) is 5.92 Å². The van der Waals surface area contributed by atoms with Gasteiger partial charge in [-0.15, -0.1) is 11.3 Å². The lowest BCUT2D eigenvalue weighted by atomic mass is 10.1. The predicted octanol–water partition coefficient (Wildman–Crippen LogP) is 3.80. The maximum atomic E-state index is 4.47. The van der Waals surface area contributed by atoms with Crippen LogP contribution in [0.3, 0.4) is 0 Å². The van der Waals surface area contributed by atoms with Gasteiger partial charge in [-0.3, -0.25) is 0 Å². The van der Waals surface area contributed by atoms with E-state index in [1.807, 2.05) is 6.26 Å². The molecule has 19 heavy (non-hydrogen) atoms. The van der Waals surface area contributed by atoms with Crippen LogP contribution in [-0.4, -0.2) is 27.2 Å². The minimum Gasteiger partial charge on any atom is -0.366 e. The minimum absolute atomic E-state index is 0.457. The second-order valence-corrected chi connectivity index (χ2v) is 7.18. The highest BCUT2D eigenvalue weighted by Crippen LogP contribution is 2.35. The van der Waals surface area contributed by atoms with Crippen LogP contribution in [0.4, 0.5) is 5.82 Å². The summed E-state index contributed by atoms with van der Waals surface area (Å²) in [6.45, 7) is 2.23. The van der Waals surface area contributed by atoms with Crippen molar-refractivity contribution in [3.05, 3.63) is 6.33 Å². The molecule has 1 atom stereocenters. The highest BCUT2D eigenvalue weighted by molar-refractivity contribution is 8.00. The number of thiazole rings is 1. The van der Waals surface area contributed by atoms with E-state index >= 15 is 0 Å². The van der Waals surface area contributed by atoms with E-state index in [-0.39, 0.29) is 0 Å². The number of nitrogens with zero attached hydrogens (tertiary/aromatic N) is 3. The molecule has 1 N–H and O–H groups in total. The molecule has 6 heteroatoms. The van der Waals surface area contributed by atoms with Gasteiger partial charge in [0.05, 0.1) is 0 Å². The van der Waals surface area contributed by atoms with Gasteiger partial charge in [-0.2, -0.15) is 0 Å². The molecule has 0 aromatic carbocycles. The van der Waals surface area contributed by atoms with E-state index < -0.39 is 0 Å². The Morgan fingerprint density at radius 3 is 3.05 bits per heavy atom. The summed E-state index contributed by atoms with van der Waals surface area (Å²) in [5, 5.41) is 3.52. The highest BCUT2D eigenvalue weighted by Gasteiger charge is 2.21. The van der Waals surface area contributed by atoms with Crippen molar-refractivity contribution in [2.75, 3.05) is 11.6 Å². The summed E-state index contributed by atoms with van der Waals surface area (Å²) in [5.74, 6) is 1.92. The molecule has 4 nitrogen and oxygen atoms in total. The molecule has 0 radical (unpaired) electrons. The summed E-state index contributed by atoms with van der Waals surface area (Å²) < 4.78 is 2.12. The van der Waals surface area contributed by atoms with Crippen LogP contribution in [0, 0.1) is 5.92 Å². The predicted molar refractivity (Wildman–Crippen MR) is 82.0 cm³/mol. The fourth-order valence-electron chi connectivity index (χ4n) is 2.12. The summed E-state index contributed by atoms with van der Waals surface area (Å²) >= 11 is 3.32. The lowest BCUT2D eigenvalue weighted by Crippen LogP contribution is -2.16. The summed E-state index contributed by atoms with van der Waals surface area (Å²) in [5.41, 5.74) is 0.807. The fraction of sp³-hybridized carbons (Fsp3) is 0.615. The summed E-state index contributed by atoms with van der Waals surface area (Å²) in [6, 6.07) is 0.457. The molecular weight excluding hydrogens is 276 g/mol. The van der Waals surface area contributed by atoms with E-state index in [2.05, 4.69) is 27.2 Å². The Hall–Kier alpha value is -0.880. The molecule has 2 aromatic rings. The first-order chi connectivity index (χ1) is 9.26. The first-order valence-electron chi connectivity index (χ1n) is 6.68. The number of aromatic nitrogens is 3. The second kappa shape index (κ2) is 5.63. The minimum atomic E-state index is 0.457. The summed E-state index contributed by atoms with van der Waals surface area (Å²) in [7, 11) is 0. The van der Waals surface area contributed by atoms with Crippen molar-refractivity contribution in [2.45, 2.75) is 43.0 Å². The molecule has 2 aromatic heterocycles. The normalized spacial score (nSPS) is 16.7. The van der Waals surface area contributed by atoms with Crippen LogP contribution in [0.15, 0.2) is 10.7 Å². The molecular formula is C13H18N4S2. The molecule has 0 aliphatic heterocycles. The first kappa shape index (κ1) is 13.1. The second-order valence-electron chi connectivity index (χ2n) is 5.13. The Bertz CT molecular complexity index is 565. The molecule has 0 saturated heterocycles. The molecule has 0 bridgehead atoms.